The van der Waals surface area contributed by atoms with Crippen molar-refractivity contribution in [3.05, 3.63) is 18.2 Å². The number of ether oxygens (including phenoxy) is 1. The van der Waals surface area contributed by atoms with Crippen LogP contribution in [0.4, 0.5) is 0 Å². The van der Waals surface area contributed by atoms with Crippen LogP contribution in [0.5, 0.6) is 5.95 Å². The Balaban J connectivity index is 1.94. The van der Waals surface area contributed by atoms with Crippen LogP contribution < -0.4 is 10.5 Å². The van der Waals surface area contributed by atoms with Gasteiger partial charge in [0.15, 0.2) is 0 Å². The zero-order valence-corrected chi connectivity index (χ0v) is 9.59. The highest BCUT2D eigenvalue weighted by atomic mass is 16.6. The third-order valence-corrected chi connectivity index (χ3v) is 2.93. The molecule has 2 N–H and O–H groups in total. The van der Waals surface area contributed by atoms with Crippen LogP contribution in [0.25, 0.3) is 11.6 Å². The fraction of sp³-hybridized carbons (Fsp3) is 0.455. The number of hydrogen-bond acceptors (Lipinski definition) is 5. The second-order valence-corrected chi connectivity index (χ2v) is 4.18. The Morgan fingerprint density at radius 2 is 2.47 bits per heavy atom. The van der Waals surface area contributed by atoms with Crippen LogP contribution in [0, 0.1) is 0 Å². The highest BCUT2D eigenvalue weighted by Gasteiger charge is 2.19. The van der Waals surface area contributed by atoms with E-state index in [-0.39, 0.29) is 6.04 Å². The Bertz CT molecular complexity index is 531. The highest BCUT2D eigenvalue weighted by molar-refractivity contribution is 5.46. The van der Waals surface area contributed by atoms with Crippen LogP contribution in [-0.2, 0) is 13.0 Å². The van der Waals surface area contributed by atoms with Gasteiger partial charge in [-0.15, -0.1) is 0 Å². The van der Waals surface area contributed by atoms with Gasteiger partial charge in [-0.25, -0.2) is 9.97 Å². The summed E-state index contributed by atoms with van der Waals surface area (Å²) in [5.74, 6) is 1.92. The third kappa shape index (κ3) is 1.80. The van der Waals surface area contributed by atoms with Gasteiger partial charge < -0.3 is 19.5 Å². The van der Waals surface area contributed by atoms with Crippen molar-refractivity contribution >= 4 is 0 Å². The van der Waals surface area contributed by atoms with Gasteiger partial charge in [0.05, 0.1) is 7.11 Å². The minimum atomic E-state index is 0.212. The van der Waals surface area contributed by atoms with E-state index in [9.17, 15) is 0 Å². The number of aromatic nitrogens is 3. The molecule has 0 radical (unpaired) electrons. The molecule has 0 saturated heterocycles. The van der Waals surface area contributed by atoms with Crippen molar-refractivity contribution in [3.8, 4) is 17.5 Å². The number of oxazole rings is 1. The van der Waals surface area contributed by atoms with Gasteiger partial charge in [-0.1, -0.05) is 0 Å². The minimum absolute atomic E-state index is 0.212. The number of hydrogen-bond donors (Lipinski definition) is 1. The Morgan fingerprint density at radius 3 is 3.24 bits per heavy atom. The summed E-state index contributed by atoms with van der Waals surface area (Å²) in [7, 11) is 1.54. The fourth-order valence-electron chi connectivity index (χ4n) is 2.05. The molecular weight excluding hydrogens is 220 g/mol. The van der Waals surface area contributed by atoms with Crippen LogP contribution in [0.2, 0.25) is 0 Å². The van der Waals surface area contributed by atoms with Crippen LogP contribution in [0.1, 0.15) is 12.2 Å². The highest BCUT2D eigenvalue weighted by Crippen LogP contribution is 2.24. The molecule has 0 aliphatic carbocycles. The van der Waals surface area contributed by atoms with E-state index in [1.165, 1.54) is 0 Å². The summed E-state index contributed by atoms with van der Waals surface area (Å²) < 4.78 is 12.4. The first-order valence-corrected chi connectivity index (χ1v) is 5.58. The Kier molecular flexibility index (Phi) is 2.36. The SMILES string of the molecule is COc1cnc(-c2cn3c(n2)CCC(N)C3)o1. The fourth-order valence-corrected chi connectivity index (χ4v) is 2.05. The summed E-state index contributed by atoms with van der Waals surface area (Å²) in [6.45, 7) is 0.806. The predicted molar refractivity (Wildman–Crippen MR) is 60.6 cm³/mol. The van der Waals surface area contributed by atoms with Crippen molar-refractivity contribution in [1.29, 1.82) is 0 Å². The van der Waals surface area contributed by atoms with E-state index in [0.29, 0.717) is 11.8 Å². The van der Waals surface area contributed by atoms with Crippen molar-refractivity contribution in [3.63, 3.8) is 0 Å². The van der Waals surface area contributed by atoms with Crippen molar-refractivity contribution in [2.24, 2.45) is 5.73 Å². The van der Waals surface area contributed by atoms with E-state index in [2.05, 4.69) is 14.5 Å². The topological polar surface area (TPSA) is 79.1 Å². The molecule has 0 aromatic carbocycles. The molecule has 0 saturated carbocycles. The number of nitrogens with zero attached hydrogens (tertiary/aromatic N) is 3. The lowest BCUT2D eigenvalue weighted by Crippen LogP contribution is -2.31. The van der Waals surface area contributed by atoms with Crippen LogP contribution >= 0.6 is 0 Å². The van der Waals surface area contributed by atoms with E-state index in [1.54, 1.807) is 13.3 Å². The maximum Gasteiger partial charge on any atom is 0.305 e. The summed E-state index contributed by atoms with van der Waals surface area (Å²) in [6.07, 6.45) is 5.35. The van der Waals surface area contributed by atoms with Gasteiger partial charge in [0.2, 0.25) is 0 Å². The summed E-state index contributed by atoms with van der Waals surface area (Å²) in [6, 6.07) is 0.212. The van der Waals surface area contributed by atoms with Gasteiger partial charge in [0, 0.05) is 25.2 Å². The van der Waals surface area contributed by atoms with Gasteiger partial charge in [-0.3, -0.25) is 0 Å². The van der Waals surface area contributed by atoms with Gasteiger partial charge in [0.25, 0.3) is 5.89 Å². The molecule has 0 bridgehead atoms. The van der Waals surface area contributed by atoms with Gasteiger partial charge >= 0.3 is 5.95 Å². The molecule has 6 heteroatoms. The smallest absolute Gasteiger partial charge is 0.305 e. The second kappa shape index (κ2) is 3.89. The summed E-state index contributed by atoms with van der Waals surface area (Å²) >= 11 is 0. The lowest BCUT2D eigenvalue weighted by molar-refractivity contribution is 0.308. The van der Waals surface area contributed by atoms with E-state index in [4.69, 9.17) is 14.9 Å². The number of methoxy groups -OCH3 is 1. The van der Waals surface area contributed by atoms with Crippen molar-refractivity contribution in [1.82, 2.24) is 14.5 Å². The monoisotopic (exact) mass is 234 g/mol. The molecule has 3 rings (SSSR count). The second-order valence-electron chi connectivity index (χ2n) is 4.18. The molecular formula is C11H14N4O2. The van der Waals surface area contributed by atoms with Gasteiger partial charge in [0.1, 0.15) is 17.7 Å². The zero-order valence-electron chi connectivity index (χ0n) is 9.59. The maximum absolute atomic E-state index is 5.92. The maximum atomic E-state index is 5.92. The molecule has 2 aromatic heterocycles. The molecule has 3 heterocycles. The molecule has 1 aliphatic rings. The largest absolute Gasteiger partial charge is 0.467 e. The first-order chi connectivity index (χ1) is 8.26. The standard InChI is InChI=1S/C11H14N4O2/c1-16-10-4-13-11(17-10)8-6-15-5-7(12)2-3-9(15)14-8/h4,6-7H,2-3,5,12H2,1H3. The van der Waals surface area contributed by atoms with Crippen LogP contribution in [-0.4, -0.2) is 27.7 Å². The molecule has 2 aromatic rings. The number of fused-ring (bicyclic) bond motifs is 1. The zero-order chi connectivity index (χ0) is 11.8. The van der Waals surface area contributed by atoms with Gasteiger partial charge in [-0.05, 0) is 6.42 Å². The summed E-state index contributed by atoms with van der Waals surface area (Å²) in [5.41, 5.74) is 6.65. The number of imidazole rings is 1. The molecule has 0 spiro atoms. The van der Waals surface area contributed by atoms with E-state index in [0.717, 1.165) is 30.9 Å². The quantitative estimate of drug-likeness (QED) is 0.832. The average Bonchev–Trinajstić information content (AvgIpc) is 2.93. The third-order valence-electron chi connectivity index (χ3n) is 2.93. The minimum Gasteiger partial charge on any atom is -0.467 e. The average molecular weight is 234 g/mol. The van der Waals surface area contributed by atoms with Crippen molar-refractivity contribution < 1.29 is 9.15 Å². The molecule has 1 unspecified atom stereocenters. The molecule has 17 heavy (non-hydrogen) atoms. The van der Waals surface area contributed by atoms with E-state index >= 15 is 0 Å². The molecule has 90 valence electrons. The number of rotatable bonds is 2. The van der Waals surface area contributed by atoms with Crippen molar-refractivity contribution in [2.75, 3.05) is 7.11 Å². The predicted octanol–water partition coefficient (Wildman–Crippen LogP) is 0.820. The van der Waals surface area contributed by atoms with Crippen LogP contribution in [0.15, 0.2) is 16.8 Å². The Labute approximate surface area is 98.4 Å². The first-order valence-electron chi connectivity index (χ1n) is 5.58. The normalized spacial score (nSPS) is 19.1. The molecule has 0 amide bonds. The lowest BCUT2D eigenvalue weighted by atomic mass is 10.1. The number of nitrogens with two attached hydrogens (primary N) is 1. The van der Waals surface area contributed by atoms with Crippen LogP contribution in [0.3, 0.4) is 0 Å². The summed E-state index contributed by atoms with van der Waals surface area (Å²) in [5, 5.41) is 0. The molecule has 1 aliphatic heterocycles. The van der Waals surface area contributed by atoms with E-state index < -0.39 is 0 Å². The lowest BCUT2D eigenvalue weighted by Gasteiger charge is -2.19. The summed E-state index contributed by atoms with van der Waals surface area (Å²) in [4.78, 5) is 8.62. The van der Waals surface area contributed by atoms with Crippen molar-refractivity contribution in [2.45, 2.75) is 25.4 Å². The first kappa shape index (κ1) is 10.3. The van der Waals surface area contributed by atoms with E-state index in [1.807, 2.05) is 6.20 Å². The van der Waals surface area contributed by atoms with Gasteiger partial charge in [-0.2, -0.15) is 0 Å². The molecule has 1 atom stereocenters. The molecule has 6 nitrogen and oxygen atoms in total. The Hall–Kier alpha value is -1.82. The Morgan fingerprint density at radius 1 is 1.59 bits per heavy atom. The molecule has 0 fully saturated rings. The number of aryl methyl sites for hydroxylation is 1.